The third-order valence-corrected chi connectivity index (χ3v) is 4.74. The lowest BCUT2D eigenvalue weighted by molar-refractivity contribution is -0.131. The molecule has 26 heavy (non-hydrogen) atoms. The molecular weight excluding hydrogens is 333 g/mol. The molecule has 0 saturated carbocycles. The van der Waals surface area contributed by atoms with Gasteiger partial charge in [-0.2, -0.15) is 0 Å². The number of ether oxygens (including phenoxy) is 1. The van der Waals surface area contributed by atoms with Crippen molar-refractivity contribution in [1.82, 2.24) is 4.90 Å². The van der Waals surface area contributed by atoms with E-state index in [1.807, 2.05) is 35.2 Å². The van der Waals surface area contributed by atoms with Crippen LogP contribution in [0.25, 0.3) is 0 Å². The highest BCUT2D eigenvalue weighted by Crippen LogP contribution is 2.29. The molecule has 0 bridgehead atoms. The Kier molecular flexibility index (Phi) is 5.73. The number of halogens is 1. The molecular formula is C20H24FN3O2. The maximum Gasteiger partial charge on any atom is 0.224 e. The number of hydrogen-bond donors (Lipinski definition) is 1. The second-order valence-electron chi connectivity index (χ2n) is 6.41. The zero-order valence-electron chi connectivity index (χ0n) is 14.9. The lowest BCUT2D eigenvalue weighted by Gasteiger charge is -2.37. The Labute approximate surface area is 153 Å². The molecule has 1 aliphatic heterocycles. The van der Waals surface area contributed by atoms with Gasteiger partial charge in [0.15, 0.2) is 0 Å². The highest BCUT2D eigenvalue weighted by Gasteiger charge is 2.24. The van der Waals surface area contributed by atoms with Crippen LogP contribution < -0.4 is 15.4 Å². The van der Waals surface area contributed by atoms with Crippen molar-refractivity contribution in [2.24, 2.45) is 5.73 Å². The van der Waals surface area contributed by atoms with Crippen molar-refractivity contribution < 1.29 is 13.9 Å². The second kappa shape index (κ2) is 8.19. The van der Waals surface area contributed by atoms with E-state index in [0.717, 1.165) is 11.3 Å². The molecule has 6 heteroatoms. The van der Waals surface area contributed by atoms with Gasteiger partial charge in [0.25, 0.3) is 0 Å². The summed E-state index contributed by atoms with van der Waals surface area (Å²) in [6.07, 6.45) is 0.296. The third kappa shape index (κ3) is 4.14. The summed E-state index contributed by atoms with van der Waals surface area (Å²) < 4.78 is 18.6. The van der Waals surface area contributed by atoms with Crippen molar-refractivity contribution in [1.29, 1.82) is 0 Å². The van der Waals surface area contributed by atoms with Crippen molar-refractivity contribution in [3.8, 4) is 5.75 Å². The SMILES string of the molecule is COc1cc(F)ccc1N1CCN(C(=O)CC(N)c2ccccc2)CC1. The number of nitrogens with zero attached hydrogens (tertiary/aromatic N) is 2. The van der Waals surface area contributed by atoms with Crippen molar-refractivity contribution >= 4 is 11.6 Å². The number of amides is 1. The molecule has 2 aromatic carbocycles. The zero-order valence-corrected chi connectivity index (χ0v) is 14.9. The van der Waals surface area contributed by atoms with Crippen LogP contribution >= 0.6 is 0 Å². The van der Waals surface area contributed by atoms with E-state index in [4.69, 9.17) is 10.5 Å². The van der Waals surface area contributed by atoms with E-state index >= 15 is 0 Å². The van der Waals surface area contributed by atoms with Gasteiger partial charge in [0.1, 0.15) is 11.6 Å². The van der Waals surface area contributed by atoms with Crippen LogP contribution in [0, 0.1) is 5.82 Å². The molecule has 1 fully saturated rings. The van der Waals surface area contributed by atoms with Gasteiger partial charge in [-0.15, -0.1) is 0 Å². The fourth-order valence-electron chi connectivity index (χ4n) is 3.24. The minimum Gasteiger partial charge on any atom is -0.494 e. The average Bonchev–Trinajstić information content (AvgIpc) is 2.68. The maximum absolute atomic E-state index is 13.4. The smallest absolute Gasteiger partial charge is 0.224 e. The summed E-state index contributed by atoms with van der Waals surface area (Å²) in [4.78, 5) is 16.5. The number of anilines is 1. The maximum atomic E-state index is 13.4. The highest BCUT2D eigenvalue weighted by molar-refractivity contribution is 5.77. The van der Waals surface area contributed by atoms with Crippen molar-refractivity contribution in [2.45, 2.75) is 12.5 Å². The summed E-state index contributed by atoms with van der Waals surface area (Å²) in [5, 5.41) is 0. The van der Waals surface area contributed by atoms with Gasteiger partial charge in [0, 0.05) is 44.7 Å². The average molecular weight is 357 g/mol. The molecule has 1 saturated heterocycles. The number of piperazine rings is 1. The fourth-order valence-corrected chi connectivity index (χ4v) is 3.24. The van der Waals surface area contributed by atoms with Crippen molar-refractivity contribution in [2.75, 3.05) is 38.2 Å². The number of rotatable bonds is 5. The Hall–Kier alpha value is -2.60. The first-order valence-electron chi connectivity index (χ1n) is 8.75. The van der Waals surface area contributed by atoms with Gasteiger partial charge < -0.3 is 20.3 Å². The fraction of sp³-hybridized carbons (Fsp3) is 0.350. The predicted molar refractivity (Wildman–Crippen MR) is 99.7 cm³/mol. The Morgan fingerprint density at radius 2 is 1.85 bits per heavy atom. The van der Waals surface area contributed by atoms with E-state index < -0.39 is 0 Å². The van der Waals surface area contributed by atoms with E-state index in [1.165, 1.54) is 19.2 Å². The van der Waals surface area contributed by atoms with E-state index in [2.05, 4.69) is 4.90 Å². The molecule has 1 heterocycles. The minimum atomic E-state index is -0.325. The molecule has 1 aliphatic rings. The molecule has 0 aromatic heterocycles. The summed E-state index contributed by atoms with van der Waals surface area (Å²) >= 11 is 0. The molecule has 1 atom stereocenters. The van der Waals surface area contributed by atoms with Gasteiger partial charge in [-0.1, -0.05) is 30.3 Å². The molecule has 0 aliphatic carbocycles. The predicted octanol–water partition coefficient (Wildman–Crippen LogP) is 2.57. The first-order valence-corrected chi connectivity index (χ1v) is 8.75. The monoisotopic (exact) mass is 357 g/mol. The summed E-state index contributed by atoms with van der Waals surface area (Å²) in [6, 6.07) is 13.9. The Morgan fingerprint density at radius 3 is 2.50 bits per heavy atom. The number of hydrogen-bond acceptors (Lipinski definition) is 4. The van der Waals surface area contributed by atoms with E-state index in [1.54, 1.807) is 6.07 Å². The molecule has 5 nitrogen and oxygen atoms in total. The minimum absolute atomic E-state index is 0.0621. The molecule has 2 N–H and O–H groups in total. The summed E-state index contributed by atoms with van der Waals surface area (Å²) in [5.41, 5.74) is 7.98. The quantitative estimate of drug-likeness (QED) is 0.894. The summed E-state index contributed by atoms with van der Waals surface area (Å²) in [6.45, 7) is 2.57. The Bertz CT molecular complexity index is 746. The first kappa shape index (κ1) is 18.2. The Balaban J connectivity index is 1.57. The number of carbonyl (C=O) groups excluding carboxylic acids is 1. The van der Waals surface area contributed by atoms with Gasteiger partial charge in [-0.25, -0.2) is 4.39 Å². The van der Waals surface area contributed by atoms with E-state index in [9.17, 15) is 9.18 Å². The first-order chi connectivity index (χ1) is 12.6. The second-order valence-corrected chi connectivity index (χ2v) is 6.41. The summed E-state index contributed by atoms with van der Waals surface area (Å²) in [7, 11) is 1.53. The van der Waals surface area contributed by atoms with E-state index in [-0.39, 0.29) is 17.8 Å². The molecule has 1 amide bonds. The van der Waals surface area contributed by atoms with Gasteiger partial charge in [0.05, 0.1) is 12.8 Å². The number of benzene rings is 2. The van der Waals surface area contributed by atoms with E-state index in [0.29, 0.717) is 38.3 Å². The molecule has 2 aromatic rings. The molecule has 0 radical (unpaired) electrons. The lowest BCUT2D eigenvalue weighted by Crippen LogP contribution is -2.49. The normalized spacial score (nSPS) is 15.7. The number of methoxy groups -OCH3 is 1. The lowest BCUT2D eigenvalue weighted by atomic mass is 10.0. The van der Waals surface area contributed by atoms with Gasteiger partial charge in [-0.3, -0.25) is 4.79 Å². The van der Waals surface area contributed by atoms with Crippen LogP contribution in [0.2, 0.25) is 0 Å². The molecule has 1 unspecified atom stereocenters. The van der Waals surface area contributed by atoms with Crippen LogP contribution in [-0.2, 0) is 4.79 Å². The third-order valence-electron chi connectivity index (χ3n) is 4.74. The van der Waals surface area contributed by atoms with Crippen molar-refractivity contribution in [3.05, 3.63) is 59.9 Å². The zero-order chi connectivity index (χ0) is 18.5. The van der Waals surface area contributed by atoms with Crippen LogP contribution in [0.15, 0.2) is 48.5 Å². The molecule has 0 spiro atoms. The number of carbonyl (C=O) groups is 1. The van der Waals surface area contributed by atoms with Crippen LogP contribution in [0.5, 0.6) is 5.75 Å². The topological polar surface area (TPSA) is 58.8 Å². The largest absolute Gasteiger partial charge is 0.494 e. The summed E-state index contributed by atoms with van der Waals surface area (Å²) in [5.74, 6) is 0.247. The molecule has 3 rings (SSSR count). The highest BCUT2D eigenvalue weighted by atomic mass is 19.1. The standard InChI is InChI=1S/C20H24FN3O2/c1-26-19-13-16(21)7-8-18(19)23-9-11-24(12-10-23)20(25)14-17(22)15-5-3-2-4-6-15/h2-8,13,17H,9-12,14,22H2,1H3. The van der Waals surface area contributed by atoms with Crippen LogP contribution in [-0.4, -0.2) is 44.1 Å². The van der Waals surface area contributed by atoms with Gasteiger partial charge >= 0.3 is 0 Å². The van der Waals surface area contributed by atoms with Crippen LogP contribution in [0.3, 0.4) is 0 Å². The van der Waals surface area contributed by atoms with Crippen LogP contribution in [0.4, 0.5) is 10.1 Å². The van der Waals surface area contributed by atoms with Gasteiger partial charge in [-0.05, 0) is 17.7 Å². The Morgan fingerprint density at radius 1 is 1.15 bits per heavy atom. The number of nitrogens with two attached hydrogens (primary N) is 1. The van der Waals surface area contributed by atoms with Crippen LogP contribution in [0.1, 0.15) is 18.0 Å². The van der Waals surface area contributed by atoms with Crippen molar-refractivity contribution in [3.63, 3.8) is 0 Å². The van der Waals surface area contributed by atoms with Gasteiger partial charge in [0.2, 0.25) is 5.91 Å². The molecule has 138 valence electrons.